The van der Waals surface area contributed by atoms with Gasteiger partial charge in [-0.15, -0.1) is 0 Å². The third-order valence-corrected chi connectivity index (χ3v) is 4.37. The van der Waals surface area contributed by atoms with E-state index in [4.69, 9.17) is 5.26 Å². The molecule has 16 heavy (non-hydrogen) atoms. The second kappa shape index (κ2) is 3.74. The maximum absolute atomic E-state index is 12.3. The molecule has 1 heterocycles. The Kier molecular flexibility index (Phi) is 2.36. The number of hydrogen-bond donors (Lipinski definition) is 1. The highest BCUT2D eigenvalue weighted by Crippen LogP contribution is 2.58. The molecular weight excluding hydrogens is 202 g/mol. The molecule has 0 aromatic heterocycles. The minimum atomic E-state index is -0.248. The van der Waals surface area contributed by atoms with Gasteiger partial charge in [-0.05, 0) is 24.7 Å². The second-order valence-corrected chi connectivity index (χ2v) is 5.17. The Morgan fingerprint density at radius 2 is 2.12 bits per heavy atom. The van der Waals surface area contributed by atoms with Crippen LogP contribution in [0.2, 0.25) is 0 Å². The number of amides is 1. The van der Waals surface area contributed by atoms with Crippen LogP contribution in [0.5, 0.6) is 0 Å². The average Bonchev–Trinajstić information content (AvgIpc) is 2.81. The van der Waals surface area contributed by atoms with Crippen molar-refractivity contribution in [2.75, 3.05) is 19.6 Å². The van der Waals surface area contributed by atoms with Crippen molar-refractivity contribution in [3.63, 3.8) is 0 Å². The molecular formula is C12H17N3O. The van der Waals surface area contributed by atoms with Crippen LogP contribution in [0.4, 0.5) is 0 Å². The van der Waals surface area contributed by atoms with Gasteiger partial charge < -0.3 is 10.2 Å². The lowest BCUT2D eigenvalue weighted by Crippen LogP contribution is -2.53. The third kappa shape index (κ3) is 1.42. The van der Waals surface area contributed by atoms with Crippen molar-refractivity contribution in [1.29, 1.82) is 5.26 Å². The van der Waals surface area contributed by atoms with Crippen LogP contribution in [0.1, 0.15) is 19.3 Å². The van der Waals surface area contributed by atoms with Crippen molar-refractivity contribution in [2.45, 2.75) is 25.3 Å². The standard InChI is InChI=1S/C12H17N3O/c13-6-8-7-14-4-5-15(8)12(16)11-9-2-1-3-10(9)11/h8-11,14H,1-5,7H2. The van der Waals surface area contributed by atoms with Crippen molar-refractivity contribution in [1.82, 2.24) is 10.2 Å². The molecule has 3 rings (SSSR count). The Labute approximate surface area is 95.6 Å². The lowest BCUT2D eigenvalue weighted by Gasteiger charge is -2.32. The smallest absolute Gasteiger partial charge is 0.227 e. The first-order valence-electron chi connectivity index (χ1n) is 6.23. The van der Waals surface area contributed by atoms with Gasteiger partial charge in [0.1, 0.15) is 6.04 Å². The Balaban J connectivity index is 1.68. The van der Waals surface area contributed by atoms with E-state index in [9.17, 15) is 4.79 Å². The summed E-state index contributed by atoms with van der Waals surface area (Å²) in [7, 11) is 0. The number of nitrogens with zero attached hydrogens (tertiary/aromatic N) is 2. The summed E-state index contributed by atoms with van der Waals surface area (Å²) in [5.74, 6) is 1.83. The molecule has 0 bridgehead atoms. The summed E-state index contributed by atoms with van der Waals surface area (Å²) in [4.78, 5) is 14.1. The highest BCUT2D eigenvalue weighted by Gasteiger charge is 2.58. The van der Waals surface area contributed by atoms with Crippen molar-refractivity contribution in [2.24, 2.45) is 17.8 Å². The highest BCUT2D eigenvalue weighted by atomic mass is 16.2. The molecule has 3 unspecified atom stereocenters. The number of carbonyl (C=O) groups is 1. The predicted octanol–water partition coefficient (Wildman–Crippen LogP) is 0.356. The minimum absolute atomic E-state index is 0.248. The van der Waals surface area contributed by atoms with Crippen LogP contribution in [0.15, 0.2) is 0 Å². The number of hydrogen-bond acceptors (Lipinski definition) is 3. The molecule has 3 fully saturated rings. The molecule has 0 aromatic carbocycles. The molecule has 3 aliphatic rings. The monoisotopic (exact) mass is 219 g/mol. The van der Waals surface area contributed by atoms with Crippen molar-refractivity contribution in [3.8, 4) is 6.07 Å². The zero-order chi connectivity index (χ0) is 11.1. The van der Waals surface area contributed by atoms with E-state index in [1.54, 1.807) is 4.90 Å². The van der Waals surface area contributed by atoms with Gasteiger partial charge in [-0.3, -0.25) is 4.79 Å². The molecule has 2 saturated carbocycles. The van der Waals surface area contributed by atoms with Gasteiger partial charge in [0.2, 0.25) is 5.91 Å². The van der Waals surface area contributed by atoms with E-state index in [2.05, 4.69) is 11.4 Å². The number of fused-ring (bicyclic) bond motifs is 1. The van der Waals surface area contributed by atoms with E-state index < -0.39 is 0 Å². The van der Waals surface area contributed by atoms with E-state index in [1.807, 2.05) is 0 Å². The maximum Gasteiger partial charge on any atom is 0.227 e. The largest absolute Gasteiger partial charge is 0.324 e. The zero-order valence-electron chi connectivity index (χ0n) is 9.35. The van der Waals surface area contributed by atoms with Gasteiger partial charge in [0.05, 0.1) is 6.07 Å². The van der Waals surface area contributed by atoms with Gasteiger partial charge in [-0.25, -0.2) is 0 Å². The van der Waals surface area contributed by atoms with Gasteiger partial charge in [0.15, 0.2) is 0 Å². The third-order valence-electron chi connectivity index (χ3n) is 4.37. The molecule has 4 heteroatoms. The molecule has 2 aliphatic carbocycles. The summed E-state index contributed by atoms with van der Waals surface area (Å²) in [5, 5.41) is 12.2. The topological polar surface area (TPSA) is 56.1 Å². The zero-order valence-corrected chi connectivity index (χ0v) is 9.35. The van der Waals surface area contributed by atoms with Crippen LogP contribution in [0, 0.1) is 29.1 Å². The average molecular weight is 219 g/mol. The normalized spacial score (nSPS) is 41.3. The number of rotatable bonds is 1. The lowest BCUT2D eigenvalue weighted by molar-refractivity contribution is -0.135. The maximum atomic E-state index is 12.3. The van der Waals surface area contributed by atoms with Gasteiger partial charge in [-0.2, -0.15) is 5.26 Å². The second-order valence-electron chi connectivity index (χ2n) is 5.17. The molecule has 3 atom stereocenters. The molecule has 1 saturated heterocycles. The fourth-order valence-corrected chi connectivity index (χ4v) is 3.46. The first-order valence-corrected chi connectivity index (χ1v) is 6.23. The summed E-state index contributed by atoms with van der Waals surface area (Å²) >= 11 is 0. The highest BCUT2D eigenvalue weighted by molar-refractivity contribution is 5.83. The summed E-state index contributed by atoms with van der Waals surface area (Å²) in [6, 6.07) is 1.98. The Morgan fingerprint density at radius 3 is 2.81 bits per heavy atom. The van der Waals surface area contributed by atoms with E-state index in [1.165, 1.54) is 19.3 Å². The fraction of sp³-hybridized carbons (Fsp3) is 0.833. The van der Waals surface area contributed by atoms with Crippen LogP contribution in [0.25, 0.3) is 0 Å². The first kappa shape index (κ1) is 10.1. The summed E-state index contributed by atoms with van der Waals surface area (Å²) in [5.41, 5.74) is 0. The Hall–Kier alpha value is -1.08. The molecule has 0 spiro atoms. The van der Waals surface area contributed by atoms with Gasteiger partial charge in [0.25, 0.3) is 0 Å². The molecule has 1 amide bonds. The number of nitrogens with one attached hydrogen (secondary N) is 1. The van der Waals surface area contributed by atoms with Crippen molar-refractivity contribution < 1.29 is 4.79 Å². The van der Waals surface area contributed by atoms with Gasteiger partial charge in [-0.1, -0.05) is 6.42 Å². The fourth-order valence-electron chi connectivity index (χ4n) is 3.46. The molecule has 0 aromatic rings. The molecule has 1 N–H and O–H groups in total. The number of piperazine rings is 1. The predicted molar refractivity (Wildman–Crippen MR) is 58.3 cm³/mol. The van der Waals surface area contributed by atoms with E-state index in [0.717, 1.165) is 6.54 Å². The molecule has 1 aliphatic heterocycles. The lowest BCUT2D eigenvalue weighted by atomic mass is 10.1. The van der Waals surface area contributed by atoms with Gasteiger partial charge in [0, 0.05) is 25.6 Å². The summed E-state index contributed by atoms with van der Waals surface area (Å²) in [6.07, 6.45) is 3.75. The van der Waals surface area contributed by atoms with Crippen LogP contribution in [-0.2, 0) is 4.79 Å². The van der Waals surface area contributed by atoms with Crippen LogP contribution in [-0.4, -0.2) is 36.5 Å². The number of nitriles is 1. The van der Waals surface area contributed by atoms with E-state index in [0.29, 0.717) is 24.9 Å². The summed E-state index contributed by atoms with van der Waals surface area (Å²) in [6.45, 7) is 2.16. The quantitative estimate of drug-likeness (QED) is 0.692. The minimum Gasteiger partial charge on any atom is -0.324 e. The van der Waals surface area contributed by atoms with E-state index >= 15 is 0 Å². The molecule has 0 radical (unpaired) electrons. The number of carbonyl (C=O) groups excluding carboxylic acids is 1. The summed E-state index contributed by atoms with van der Waals surface area (Å²) < 4.78 is 0. The van der Waals surface area contributed by atoms with Crippen molar-refractivity contribution >= 4 is 5.91 Å². The Morgan fingerprint density at radius 1 is 1.38 bits per heavy atom. The van der Waals surface area contributed by atoms with E-state index in [-0.39, 0.29) is 17.9 Å². The van der Waals surface area contributed by atoms with Crippen molar-refractivity contribution in [3.05, 3.63) is 0 Å². The molecule has 86 valence electrons. The van der Waals surface area contributed by atoms with Crippen LogP contribution in [0.3, 0.4) is 0 Å². The molecule has 4 nitrogen and oxygen atoms in total. The van der Waals surface area contributed by atoms with Crippen LogP contribution < -0.4 is 5.32 Å². The first-order chi connectivity index (χ1) is 7.83. The van der Waals surface area contributed by atoms with Crippen LogP contribution >= 0.6 is 0 Å². The Bertz CT molecular complexity index is 339. The SMILES string of the molecule is N#CC1CNCCN1C(=O)C1C2CCCC21. The van der Waals surface area contributed by atoms with Gasteiger partial charge >= 0.3 is 0 Å².